The molecule has 0 N–H and O–H groups in total. The van der Waals surface area contributed by atoms with Crippen molar-refractivity contribution in [3.63, 3.8) is 0 Å². The number of hydrogen-bond acceptors (Lipinski definition) is 4. The first kappa shape index (κ1) is 13.1. The molecule has 3 rings (SSSR count). The van der Waals surface area contributed by atoms with E-state index in [0.29, 0.717) is 16.3 Å². The predicted octanol–water partition coefficient (Wildman–Crippen LogP) is 4.54. The van der Waals surface area contributed by atoms with E-state index in [9.17, 15) is 4.79 Å². The highest BCUT2D eigenvalue weighted by Gasteiger charge is 2.16. The fraction of sp³-hybridized carbons (Fsp3) is 0.0667. The van der Waals surface area contributed by atoms with Crippen molar-refractivity contribution in [1.29, 1.82) is 0 Å². The summed E-state index contributed by atoms with van der Waals surface area (Å²) in [5, 5.41) is 1.26. The van der Waals surface area contributed by atoms with Gasteiger partial charge in [-0.3, -0.25) is 4.79 Å². The second-order valence-electron chi connectivity index (χ2n) is 4.19. The van der Waals surface area contributed by atoms with Crippen LogP contribution in [0, 0.1) is 0 Å². The Morgan fingerprint density at radius 3 is 2.75 bits per heavy atom. The van der Waals surface area contributed by atoms with E-state index in [4.69, 9.17) is 16.3 Å². The SMILES string of the molecule is CC(=O)Oc1cccc(Cl)c1-c1nc2ccccc2s1. The van der Waals surface area contributed by atoms with Crippen molar-refractivity contribution >= 4 is 39.1 Å². The van der Waals surface area contributed by atoms with Crippen LogP contribution >= 0.6 is 22.9 Å². The number of nitrogens with zero attached hydrogens (tertiary/aromatic N) is 1. The molecule has 1 heterocycles. The minimum absolute atomic E-state index is 0.380. The van der Waals surface area contributed by atoms with Crippen LogP contribution in [0.4, 0.5) is 0 Å². The van der Waals surface area contributed by atoms with Crippen molar-refractivity contribution in [2.24, 2.45) is 0 Å². The quantitative estimate of drug-likeness (QED) is 0.515. The Morgan fingerprint density at radius 2 is 2.00 bits per heavy atom. The standard InChI is InChI=1S/C15H10ClNO2S/c1-9(18)19-12-7-4-5-10(16)14(12)15-17-11-6-2-3-8-13(11)20-15/h2-8H,1H3. The lowest BCUT2D eigenvalue weighted by molar-refractivity contribution is -0.131. The fourth-order valence-corrected chi connectivity index (χ4v) is 3.27. The number of hydrogen-bond donors (Lipinski definition) is 0. The second kappa shape index (κ2) is 5.23. The zero-order chi connectivity index (χ0) is 14.1. The highest BCUT2D eigenvalue weighted by atomic mass is 35.5. The molecule has 5 heteroatoms. The van der Waals surface area contributed by atoms with Crippen LogP contribution in [-0.2, 0) is 4.79 Å². The van der Waals surface area contributed by atoms with Crippen molar-refractivity contribution in [2.45, 2.75) is 6.92 Å². The number of fused-ring (bicyclic) bond motifs is 1. The number of thiazole rings is 1. The van der Waals surface area contributed by atoms with E-state index in [1.165, 1.54) is 18.3 Å². The molecule has 0 bridgehead atoms. The van der Waals surface area contributed by atoms with E-state index in [1.54, 1.807) is 18.2 Å². The Labute approximate surface area is 124 Å². The molecule has 0 aliphatic heterocycles. The summed E-state index contributed by atoms with van der Waals surface area (Å²) in [6.45, 7) is 1.36. The van der Waals surface area contributed by atoms with Crippen LogP contribution in [0.5, 0.6) is 5.75 Å². The number of para-hydroxylation sites is 1. The first-order valence-corrected chi connectivity index (χ1v) is 7.17. The molecular formula is C15H10ClNO2S. The molecule has 20 heavy (non-hydrogen) atoms. The zero-order valence-corrected chi connectivity index (χ0v) is 12.2. The maximum absolute atomic E-state index is 11.2. The topological polar surface area (TPSA) is 39.2 Å². The molecule has 0 spiro atoms. The summed E-state index contributed by atoms with van der Waals surface area (Å²) < 4.78 is 6.29. The molecule has 0 aliphatic carbocycles. The number of carbonyl (C=O) groups excluding carboxylic acids is 1. The minimum Gasteiger partial charge on any atom is -0.426 e. The van der Waals surface area contributed by atoms with E-state index >= 15 is 0 Å². The largest absolute Gasteiger partial charge is 0.426 e. The second-order valence-corrected chi connectivity index (χ2v) is 5.63. The number of aromatic nitrogens is 1. The van der Waals surface area contributed by atoms with Gasteiger partial charge < -0.3 is 4.74 Å². The summed E-state index contributed by atoms with van der Waals surface area (Å²) in [6.07, 6.45) is 0. The van der Waals surface area contributed by atoms with Gasteiger partial charge >= 0.3 is 5.97 Å². The maximum atomic E-state index is 11.2. The molecular weight excluding hydrogens is 294 g/mol. The summed E-state index contributed by atoms with van der Waals surface area (Å²) in [5.74, 6) is 0.0543. The van der Waals surface area contributed by atoms with Crippen LogP contribution in [0.15, 0.2) is 42.5 Å². The van der Waals surface area contributed by atoms with Crippen LogP contribution in [0.2, 0.25) is 5.02 Å². The van der Waals surface area contributed by atoms with Crippen molar-refractivity contribution in [3.8, 4) is 16.3 Å². The number of rotatable bonds is 2. The van der Waals surface area contributed by atoms with Crippen molar-refractivity contribution in [2.75, 3.05) is 0 Å². The Balaban J connectivity index is 2.19. The molecule has 100 valence electrons. The number of benzene rings is 2. The lowest BCUT2D eigenvalue weighted by atomic mass is 10.2. The Hall–Kier alpha value is -1.91. The number of halogens is 1. The average molecular weight is 304 g/mol. The van der Waals surface area contributed by atoms with Gasteiger partial charge in [-0.05, 0) is 24.3 Å². The minimum atomic E-state index is -0.380. The van der Waals surface area contributed by atoms with E-state index in [-0.39, 0.29) is 5.97 Å². The van der Waals surface area contributed by atoms with Crippen molar-refractivity contribution in [1.82, 2.24) is 4.98 Å². The average Bonchev–Trinajstić information content (AvgIpc) is 2.81. The molecule has 3 aromatic rings. The van der Waals surface area contributed by atoms with E-state index in [1.807, 2.05) is 24.3 Å². The number of carbonyl (C=O) groups is 1. The Morgan fingerprint density at radius 1 is 1.20 bits per heavy atom. The molecule has 0 fully saturated rings. The van der Waals surface area contributed by atoms with Crippen molar-refractivity contribution in [3.05, 3.63) is 47.5 Å². The Kier molecular flexibility index (Phi) is 3.42. The van der Waals surface area contributed by atoms with Gasteiger partial charge in [0.1, 0.15) is 10.8 Å². The molecule has 0 radical (unpaired) electrons. The molecule has 0 amide bonds. The third-order valence-electron chi connectivity index (χ3n) is 2.74. The first-order valence-electron chi connectivity index (χ1n) is 5.98. The first-order chi connectivity index (χ1) is 9.65. The lowest BCUT2D eigenvalue weighted by Crippen LogP contribution is -2.02. The van der Waals surface area contributed by atoms with E-state index in [2.05, 4.69) is 4.98 Å². The normalized spacial score (nSPS) is 10.7. The molecule has 0 atom stereocenters. The summed E-state index contributed by atoms with van der Waals surface area (Å²) >= 11 is 7.77. The smallest absolute Gasteiger partial charge is 0.308 e. The third kappa shape index (κ3) is 2.40. The molecule has 0 saturated heterocycles. The van der Waals surface area contributed by atoms with Gasteiger partial charge in [0.05, 0.1) is 20.8 Å². The van der Waals surface area contributed by atoms with Gasteiger partial charge in [-0.25, -0.2) is 4.98 Å². The molecule has 0 aliphatic rings. The molecule has 2 aromatic carbocycles. The van der Waals surface area contributed by atoms with Gasteiger partial charge in [-0.15, -0.1) is 11.3 Å². The number of ether oxygens (including phenoxy) is 1. The van der Waals surface area contributed by atoms with Gasteiger partial charge in [0.15, 0.2) is 0 Å². The zero-order valence-electron chi connectivity index (χ0n) is 10.6. The van der Waals surface area contributed by atoms with Crippen LogP contribution in [-0.4, -0.2) is 11.0 Å². The number of esters is 1. The summed E-state index contributed by atoms with van der Waals surface area (Å²) in [7, 11) is 0. The highest BCUT2D eigenvalue weighted by Crippen LogP contribution is 2.40. The van der Waals surface area contributed by atoms with E-state index in [0.717, 1.165) is 15.2 Å². The third-order valence-corrected chi connectivity index (χ3v) is 4.11. The summed E-state index contributed by atoms with van der Waals surface area (Å²) in [6, 6.07) is 13.1. The molecule has 1 aromatic heterocycles. The Bertz CT molecular complexity index is 764. The molecule has 0 saturated carbocycles. The fourth-order valence-electron chi connectivity index (χ4n) is 1.93. The molecule has 0 unspecified atom stereocenters. The van der Waals surface area contributed by atoms with Crippen LogP contribution in [0.1, 0.15) is 6.92 Å². The summed E-state index contributed by atoms with van der Waals surface area (Å²) in [4.78, 5) is 15.8. The monoisotopic (exact) mass is 303 g/mol. The molecule has 3 nitrogen and oxygen atoms in total. The van der Waals surface area contributed by atoms with Gasteiger partial charge in [0, 0.05) is 6.92 Å². The predicted molar refractivity (Wildman–Crippen MR) is 81.4 cm³/mol. The van der Waals surface area contributed by atoms with Gasteiger partial charge in [-0.2, -0.15) is 0 Å². The van der Waals surface area contributed by atoms with Gasteiger partial charge in [0.25, 0.3) is 0 Å². The van der Waals surface area contributed by atoms with E-state index < -0.39 is 0 Å². The van der Waals surface area contributed by atoms with Crippen molar-refractivity contribution < 1.29 is 9.53 Å². The maximum Gasteiger partial charge on any atom is 0.308 e. The highest BCUT2D eigenvalue weighted by molar-refractivity contribution is 7.21. The van der Waals surface area contributed by atoms with Gasteiger partial charge in [-0.1, -0.05) is 29.8 Å². The van der Waals surface area contributed by atoms with Gasteiger partial charge in [0.2, 0.25) is 0 Å². The van der Waals surface area contributed by atoms with Crippen LogP contribution in [0.25, 0.3) is 20.8 Å². The van der Waals surface area contributed by atoms with Crippen LogP contribution < -0.4 is 4.74 Å². The lowest BCUT2D eigenvalue weighted by Gasteiger charge is -2.08. The summed E-state index contributed by atoms with van der Waals surface area (Å²) in [5.41, 5.74) is 1.56. The van der Waals surface area contributed by atoms with Crippen LogP contribution in [0.3, 0.4) is 0 Å².